The molecule has 2 bridgehead atoms. The highest BCUT2D eigenvalue weighted by Crippen LogP contribution is 2.59. The van der Waals surface area contributed by atoms with Gasteiger partial charge in [0.1, 0.15) is 0 Å². The van der Waals surface area contributed by atoms with Crippen LogP contribution in [0.5, 0.6) is 0 Å². The summed E-state index contributed by atoms with van der Waals surface area (Å²) in [6, 6.07) is 19.8. The zero-order chi connectivity index (χ0) is 19.5. The highest BCUT2D eigenvalue weighted by Gasteiger charge is 2.60. The first-order chi connectivity index (χ1) is 14.2. The fourth-order valence-electron chi connectivity index (χ4n) is 6.04. The highest BCUT2D eigenvalue weighted by molar-refractivity contribution is 8.00. The summed E-state index contributed by atoms with van der Waals surface area (Å²) >= 11 is 2.06. The third-order valence-electron chi connectivity index (χ3n) is 7.20. The monoisotopic (exact) mass is 401 g/mol. The van der Waals surface area contributed by atoms with E-state index in [-0.39, 0.29) is 35.5 Å². The summed E-state index contributed by atoms with van der Waals surface area (Å²) in [5, 5.41) is 1.17. The molecule has 4 heteroatoms. The lowest BCUT2D eigenvalue weighted by Gasteiger charge is -2.42. The Morgan fingerprint density at radius 3 is 2.24 bits per heavy atom. The molecule has 0 saturated carbocycles. The van der Waals surface area contributed by atoms with Crippen molar-refractivity contribution in [2.24, 2.45) is 17.8 Å². The number of imide groups is 1. The van der Waals surface area contributed by atoms with Crippen molar-refractivity contribution in [3.63, 3.8) is 0 Å². The molecule has 3 nitrogen and oxygen atoms in total. The number of rotatable bonds is 2. The van der Waals surface area contributed by atoms with Gasteiger partial charge in [0.15, 0.2) is 0 Å². The fourth-order valence-corrected chi connectivity index (χ4v) is 7.88. The van der Waals surface area contributed by atoms with E-state index in [2.05, 4.69) is 30.0 Å². The number of carbonyl (C=O) groups excluding carboxylic acids is 2. The Bertz CT molecular complexity index is 1000. The van der Waals surface area contributed by atoms with Crippen molar-refractivity contribution in [1.82, 2.24) is 0 Å². The van der Waals surface area contributed by atoms with Gasteiger partial charge in [-0.3, -0.25) is 14.5 Å². The minimum Gasteiger partial charge on any atom is -0.274 e. The van der Waals surface area contributed by atoms with E-state index in [0.717, 1.165) is 12.0 Å². The molecule has 2 amide bonds. The maximum Gasteiger partial charge on any atom is 0.238 e. The van der Waals surface area contributed by atoms with Crippen molar-refractivity contribution < 1.29 is 9.59 Å². The number of hydrogen-bond donors (Lipinski definition) is 0. The van der Waals surface area contributed by atoms with Crippen LogP contribution in [-0.2, 0) is 9.59 Å². The second kappa shape index (κ2) is 6.60. The Morgan fingerprint density at radius 1 is 0.793 bits per heavy atom. The van der Waals surface area contributed by atoms with E-state index in [1.54, 1.807) is 0 Å². The second-order valence-corrected chi connectivity index (χ2v) is 10.2. The summed E-state index contributed by atoms with van der Waals surface area (Å²) in [4.78, 5) is 28.9. The molecule has 0 aromatic heterocycles. The molecule has 0 radical (unpaired) electrons. The van der Waals surface area contributed by atoms with Crippen LogP contribution in [0.25, 0.3) is 0 Å². The molecule has 2 aromatic rings. The molecule has 3 saturated heterocycles. The zero-order valence-electron chi connectivity index (χ0n) is 16.1. The van der Waals surface area contributed by atoms with Gasteiger partial charge in [-0.15, -0.1) is 0 Å². The van der Waals surface area contributed by atoms with Gasteiger partial charge in [0.2, 0.25) is 11.8 Å². The van der Waals surface area contributed by atoms with Gasteiger partial charge >= 0.3 is 0 Å². The molecule has 1 unspecified atom stereocenters. The van der Waals surface area contributed by atoms with Gasteiger partial charge in [0.25, 0.3) is 0 Å². The quantitative estimate of drug-likeness (QED) is 0.536. The lowest BCUT2D eigenvalue weighted by molar-refractivity contribution is -0.122. The normalized spacial score (nSPS) is 35.3. The predicted molar refractivity (Wildman–Crippen MR) is 116 cm³/mol. The topological polar surface area (TPSA) is 37.4 Å². The number of carbonyl (C=O) groups is 2. The molecule has 6 rings (SSSR count). The van der Waals surface area contributed by atoms with Gasteiger partial charge in [-0.25, -0.2) is 0 Å². The van der Waals surface area contributed by atoms with Crippen LogP contribution < -0.4 is 4.90 Å². The molecule has 3 heterocycles. The van der Waals surface area contributed by atoms with E-state index in [1.165, 1.54) is 23.3 Å². The average Bonchev–Trinajstić information content (AvgIpc) is 3.27. The molecule has 1 aliphatic carbocycles. The lowest BCUT2D eigenvalue weighted by Crippen LogP contribution is -2.41. The fraction of sp³-hybridized carbons (Fsp3) is 0.360. The second-order valence-electron chi connectivity index (χ2n) is 8.68. The van der Waals surface area contributed by atoms with Crippen LogP contribution in [0, 0.1) is 17.8 Å². The number of nitrogens with zero attached hydrogens (tertiary/aromatic N) is 1. The third-order valence-corrected chi connectivity index (χ3v) is 8.86. The summed E-state index contributed by atoms with van der Waals surface area (Å²) in [6.07, 6.45) is 5.85. The number of thioether (sulfide) groups is 1. The van der Waals surface area contributed by atoms with Crippen LogP contribution in [0.4, 0.5) is 5.69 Å². The van der Waals surface area contributed by atoms with Gasteiger partial charge in [0, 0.05) is 22.3 Å². The molecule has 29 heavy (non-hydrogen) atoms. The predicted octanol–water partition coefficient (Wildman–Crippen LogP) is 4.80. The molecule has 0 N–H and O–H groups in total. The number of para-hydroxylation sites is 1. The maximum atomic E-state index is 13.7. The van der Waals surface area contributed by atoms with Gasteiger partial charge in [0.05, 0.1) is 17.5 Å². The van der Waals surface area contributed by atoms with Crippen LogP contribution in [-0.4, -0.2) is 22.3 Å². The Balaban J connectivity index is 1.50. The molecule has 0 spiro atoms. The summed E-state index contributed by atoms with van der Waals surface area (Å²) in [7, 11) is 0. The van der Waals surface area contributed by atoms with Crippen LogP contribution >= 0.6 is 11.8 Å². The smallest absolute Gasteiger partial charge is 0.238 e. The van der Waals surface area contributed by atoms with E-state index >= 15 is 0 Å². The summed E-state index contributed by atoms with van der Waals surface area (Å²) in [5.74, 6) is -0.343. The molecule has 4 aliphatic rings. The van der Waals surface area contributed by atoms with Gasteiger partial charge in [-0.1, -0.05) is 60.2 Å². The number of hydrogen-bond acceptors (Lipinski definition) is 3. The van der Waals surface area contributed by atoms with Gasteiger partial charge in [-0.05, 0) is 37.0 Å². The Hall–Kier alpha value is -2.33. The van der Waals surface area contributed by atoms with Crippen molar-refractivity contribution in [3.05, 3.63) is 77.9 Å². The SMILES string of the molecule is O=C1C2[C@H](c3ccccc3)C=C3C[C@H]4CC[C@H](S4)[C@@H]3[C@H]2C(=O)N1c1ccccc1. The van der Waals surface area contributed by atoms with Crippen molar-refractivity contribution in [1.29, 1.82) is 0 Å². The molecular formula is C25H23NO2S. The minimum absolute atomic E-state index is 0.00804. The van der Waals surface area contributed by atoms with E-state index in [4.69, 9.17) is 0 Å². The third kappa shape index (κ3) is 2.58. The Morgan fingerprint density at radius 2 is 1.48 bits per heavy atom. The minimum atomic E-state index is -0.295. The first-order valence-corrected chi connectivity index (χ1v) is 11.5. The van der Waals surface area contributed by atoms with Crippen LogP contribution in [0.15, 0.2) is 72.3 Å². The number of fused-ring (bicyclic) bond motifs is 6. The van der Waals surface area contributed by atoms with Crippen LogP contribution in [0.3, 0.4) is 0 Å². The maximum absolute atomic E-state index is 13.7. The highest BCUT2D eigenvalue weighted by atomic mass is 32.2. The number of anilines is 1. The largest absolute Gasteiger partial charge is 0.274 e. The Labute approximate surface area is 175 Å². The van der Waals surface area contributed by atoms with E-state index in [9.17, 15) is 9.59 Å². The number of allylic oxidation sites excluding steroid dienone is 2. The molecular weight excluding hydrogens is 378 g/mol. The van der Waals surface area contributed by atoms with Crippen LogP contribution in [0.2, 0.25) is 0 Å². The summed E-state index contributed by atoms with van der Waals surface area (Å²) in [5.41, 5.74) is 3.29. The van der Waals surface area contributed by atoms with Crippen molar-refractivity contribution in [2.45, 2.75) is 35.7 Å². The van der Waals surface area contributed by atoms with Crippen molar-refractivity contribution in [2.75, 3.05) is 4.90 Å². The van der Waals surface area contributed by atoms with Gasteiger partial charge in [-0.2, -0.15) is 11.8 Å². The van der Waals surface area contributed by atoms with Crippen molar-refractivity contribution >= 4 is 29.3 Å². The first-order valence-electron chi connectivity index (χ1n) is 10.6. The standard InChI is InChI=1S/C25H23NO2S/c27-24-22-19(15-7-3-1-4-8-15)14-16-13-18-11-12-20(29-18)21(16)23(22)25(28)26(24)17-9-5-2-6-10-17/h1-10,14,18-23H,11-13H2/t18-,19+,20+,21-,22?,23-/m1/s1. The summed E-state index contributed by atoms with van der Waals surface area (Å²) < 4.78 is 0. The first kappa shape index (κ1) is 17.5. The molecule has 6 atom stereocenters. The number of amides is 2. The van der Waals surface area contributed by atoms with E-state index in [1.807, 2.05) is 48.5 Å². The van der Waals surface area contributed by atoms with Gasteiger partial charge < -0.3 is 0 Å². The molecule has 3 fully saturated rings. The zero-order valence-corrected chi connectivity index (χ0v) is 16.9. The van der Waals surface area contributed by atoms with E-state index < -0.39 is 0 Å². The van der Waals surface area contributed by atoms with Crippen molar-refractivity contribution in [3.8, 4) is 0 Å². The average molecular weight is 402 g/mol. The van der Waals surface area contributed by atoms with Crippen LogP contribution in [0.1, 0.15) is 30.7 Å². The van der Waals surface area contributed by atoms with E-state index in [0.29, 0.717) is 16.2 Å². The Kier molecular flexibility index (Phi) is 3.98. The summed E-state index contributed by atoms with van der Waals surface area (Å²) in [6.45, 7) is 0. The number of benzene rings is 2. The molecule has 146 valence electrons. The lowest BCUT2D eigenvalue weighted by atomic mass is 9.65. The molecule has 3 aliphatic heterocycles. The molecule has 2 aromatic carbocycles.